The smallest absolute Gasteiger partial charge is 0.255 e. The van der Waals surface area contributed by atoms with Gasteiger partial charge in [-0.3, -0.25) is 4.79 Å². The third kappa shape index (κ3) is 5.05. The molecule has 0 spiro atoms. The maximum absolute atomic E-state index is 13.0. The number of aromatic nitrogens is 1. The van der Waals surface area contributed by atoms with E-state index in [0.29, 0.717) is 12.2 Å². The zero-order chi connectivity index (χ0) is 24.9. The molecule has 0 radical (unpaired) electrons. The average Bonchev–Trinajstić information content (AvgIpc) is 2.94. The summed E-state index contributed by atoms with van der Waals surface area (Å²) < 4.78 is 10.8. The Kier molecular flexibility index (Phi) is 6.89. The fourth-order valence-electron chi connectivity index (χ4n) is 4.52. The number of nitrogens with zero attached hydrogens (tertiary/aromatic N) is 3. The number of carbonyl (C=O) groups excluding carboxylic acids is 1. The second kappa shape index (κ2) is 10.6. The Balaban J connectivity index is 1.31. The number of benzene rings is 3. The maximum Gasteiger partial charge on any atom is 0.255 e. The van der Waals surface area contributed by atoms with E-state index in [1.807, 2.05) is 73.8 Å². The van der Waals surface area contributed by atoms with E-state index in [4.69, 9.17) is 14.5 Å². The Bertz CT molecular complexity index is 1330. The van der Waals surface area contributed by atoms with E-state index < -0.39 is 0 Å². The highest BCUT2D eigenvalue weighted by Gasteiger charge is 2.20. The molecule has 0 unspecified atom stereocenters. The first-order valence-electron chi connectivity index (χ1n) is 12.2. The second-order valence-electron chi connectivity index (χ2n) is 8.65. The van der Waals surface area contributed by atoms with Crippen LogP contribution < -0.4 is 24.6 Å². The van der Waals surface area contributed by atoms with Gasteiger partial charge in [-0.15, -0.1) is 0 Å². The first-order valence-corrected chi connectivity index (χ1v) is 12.2. The molecule has 1 aromatic heterocycles. The van der Waals surface area contributed by atoms with Crippen LogP contribution in [0.25, 0.3) is 10.8 Å². The lowest BCUT2D eigenvalue weighted by Crippen LogP contribution is -2.46. The largest absolute Gasteiger partial charge is 0.497 e. The van der Waals surface area contributed by atoms with Gasteiger partial charge in [0.1, 0.15) is 17.3 Å². The molecule has 0 aliphatic carbocycles. The van der Waals surface area contributed by atoms with Gasteiger partial charge in [-0.1, -0.05) is 6.07 Å². The van der Waals surface area contributed by atoms with Crippen molar-refractivity contribution in [1.82, 2.24) is 4.98 Å². The van der Waals surface area contributed by atoms with E-state index in [9.17, 15) is 4.79 Å². The van der Waals surface area contributed by atoms with Crippen molar-refractivity contribution in [3.8, 4) is 11.5 Å². The van der Waals surface area contributed by atoms with E-state index in [0.717, 1.165) is 60.0 Å². The van der Waals surface area contributed by atoms with Crippen molar-refractivity contribution in [2.24, 2.45) is 0 Å². The zero-order valence-corrected chi connectivity index (χ0v) is 20.6. The maximum atomic E-state index is 13.0. The summed E-state index contributed by atoms with van der Waals surface area (Å²) in [6.45, 7) is 6.03. The van der Waals surface area contributed by atoms with Crippen LogP contribution in [0, 0.1) is 0 Å². The summed E-state index contributed by atoms with van der Waals surface area (Å²) in [6.07, 6.45) is 1.84. The number of fused-ring (bicyclic) bond motifs is 1. The van der Waals surface area contributed by atoms with Crippen molar-refractivity contribution in [3.05, 3.63) is 84.6 Å². The van der Waals surface area contributed by atoms with Gasteiger partial charge in [0.2, 0.25) is 0 Å². The van der Waals surface area contributed by atoms with E-state index in [-0.39, 0.29) is 5.91 Å². The molecule has 1 N–H and O–H groups in total. The Morgan fingerprint density at radius 2 is 1.58 bits per heavy atom. The lowest BCUT2D eigenvalue weighted by atomic mass is 10.1. The number of hydrogen-bond acceptors (Lipinski definition) is 6. The highest BCUT2D eigenvalue weighted by Crippen LogP contribution is 2.28. The van der Waals surface area contributed by atoms with Gasteiger partial charge in [0.15, 0.2) is 0 Å². The van der Waals surface area contributed by atoms with Crippen LogP contribution in [0.5, 0.6) is 11.5 Å². The lowest BCUT2D eigenvalue weighted by Gasteiger charge is -2.37. The Labute approximate surface area is 211 Å². The van der Waals surface area contributed by atoms with Crippen molar-refractivity contribution in [1.29, 1.82) is 0 Å². The Morgan fingerprint density at radius 3 is 2.28 bits per heavy atom. The predicted molar refractivity (Wildman–Crippen MR) is 145 cm³/mol. The lowest BCUT2D eigenvalue weighted by molar-refractivity contribution is 0.102. The fraction of sp³-hybridized carbons (Fsp3) is 0.241. The zero-order valence-electron chi connectivity index (χ0n) is 20.6. The molecule has 1 fully saturated rings. The number of pyridine rings is 1. The quantitative estimate of drug-likeness (QED) is 0.390. The summed E-state index contributed by atoms with van der Waals surface area (Å²) in [5.41, 5.74) is 2.52. The van der Waals surface area contributed by atoms with E-state index >= 15 is 0 Å². The molecule has 2 heterocycles. The van der Waals surface area contributed by atoms with E-state index in [1.165, 1.54) is 5.69 Å². The van der Waals surface area contributed by atoms with Gasteiger partial charge >= 0.3 is 0 Å². The summed E-state index contributed by atoms with van der Waals surface area (Å²) in [5, 5.41) is 5.03. The molecule has 3 aromatic carbocycles. The third-order valence-electron chi connectivity index (χ3n) is 6.45. The van der Waals surface area contributed by atoms with Crippen LogP contribution in [0.15, 0.2) is 79.0 Å². The van der Waals surface area contributed by atoms with Crippen LogP contribution >= 0.6 is 0 Å². The molecule has 1 aliphatic heterocycles. The minimum atomic E-state index is -0.153. The highest BCUT2D eigenvalue weighted by atomic mass is 16.5. The summed E-state index contributed by atoms with van der Waals surface area (Å²) >= 11 is 0. The molecule has 0 bridgehead atoms. The number of methoxy groups -OCH3 is 1. The number of ether oxygens (including phenoxy) is 2. The van der Waals surface area contributed by atoms with Crippen LogP contribution in [-0.4, -0.2) is 50.8 Å². The molecule has 7 nitrogen and oxygen atoms in total. The van der Waals surface area contributed by atoms with Crippen molar-refractivity contribution < 1.29 is 14.3 Å². The standard InChI is InChI=1S/C29H30N4O3/c1-3-36-26-10-6-23(7-11-26)31-29(34)22-5-4-21-14-15-30-28(27(21)20-22)33-18-16-32(17-19-33)24-8-12-25(35-2)13-9-24/h4-15,20H,3,16-19H2,1-2H3,(H,31,34). The molecule has 1 saturated heterocycles. The van der Waals surface area contributed by atoms with Gasteiger partial charge in [-0.2, -0.15) is 0 Å². The van der Waals surface area contributed by atoms with Crippen LogP contribution in [-0.2, 0) is 0 Å². The van der Waals surface area contributed by atoms with E-state index in [2.05, 4.69) is 27.2 Å². The summed E-state index contributed by atoms with van der Waals surface area (Å²) in [6, 6.07) is 23.4. The number of rotatable bonds is 7. The Hall–Kier alpha value is -4.26. The molecule has 1 amide bonds. The van der Waals surface area contributed by atoms with Crippen LogP contribution in [0.2, 0.25) is 0 Å². The molecule has 0 atom stereocenters. The summed E-state index contributed by atoms with van der Waals surface area (Å²) in [7, 11) is 1.68. The first kappa shape index (κ1) is 23.5. The van der Waals surface area contributed by atoms with Crippen LogP contribution in [0.1, 0.15) is 17.3 Å². The number of anilines is 3. The molecule has 184 valence electrons. The van der Waals surface area contributed by atoms with Gasteiger partial charge in [-0.25, -0.2) is 4.98 Å². The molecule has 0 saturated carbocycles. The molecule has 5 rings (SSSR count). The number of amides is 1. The SMILES string of the molecule is CCOc1ccc(NC(=O)c2ccc3ccnc(N4CCN(c5ccc(OC)cc5)CC4)c3c2)cc1. The van der Waals surface area contributed by atoms with E-state index in [1.54, 1.807) is 7.11 Å². The average molecular weight is 483 g/mol. The van der Waals surface area contributed by atoms with Gasteiger partial charge in [0, 0.05) is 54.7 Å². The fourth-order valence-corrected chi connectivity index (χ4v) is 4.52. The number of nitrogens with one attached hydrogen (secondary N) is 1. The van der Waals surface area contributed by atoms with Crippen molar-refractivity contribution in [2.75, 3.05) is 55.0 Å². The number of carbonyl (C=O) groups is 1. The third-order valence-corrected chi connectivity index (χ3v) is 6.45. The summed E-state index contributed by atoms with van der Waals surface area (Å²) in [5.74, 6) is 2.40. The van der Waals surface area contributed by atoms with Crippen LogP contribution in [0.3, 0.4) is 0 Å². The van der Waals surface area contributed by atoms with Gasteiger partial charge in [-0.05, 0) is 79.0 Å². The van der Waals surface area contributed by atoms with Crippen molar-refractivity contribution in [2.45, 2.75) is 6.92 Å². The molecule has 1 aliphatic rings. The van der Waals surface area contributed by atoms with Gasteiger partial charge in [0.25, 0.3) is 5.91 Å². The second-order valence-corrected chi connectivity index (χ2v) is 8.65. The molecular weight excluding hydrogens is 452 g/mol. The predicted octanol–water partition coefficient (Wildman–Crippen LogP) is 5.22. The molecule has 4 aromatic rings. The summed E-state index contributed by atoms with van der Waals surface area (Å²) in [4.78, 5) is 22.4. The van der Waals surface area contributed by atoms with Gasteiger partial charge in [0.05, 0.1) is 13.7 Å². The normalized spacial score (nSPS) is 13.5. The minimum absolute atomic E-state index is 0.153. The molecular formula is C29H30N4O3. The Morgan fingerprint density at radius 1 is 0.889 bits per heavy atom. The monoisotopic (exact) mass is 482 g/mol. The minimum Gasteiger partial charge on any atom is -0.497 e. The van der Waals surface area contributed by atoms with Gasteiger partial charge < -0.3 is 24.6 Å². The van der Waals surface area contributed by atoms with Crippen LogP contribution in [0.4, 0.5) is 17.2 Å². The molecule has 7 heteroatoms. The number of hydrogen-bond donors (Lipinski definition) is 1. The first-order chi connectivity index (χ1) is 17.6. The van der Waals surface area contributed by atoms with Crippen molar-refractivity contribution >= 4 is 33.9 Å². The molecule has 36 heavy (non-hydrogen) atoms. The van der Waals surface area contributed by atoms with Crippen molar-refractivity contribution in [3.63, 3.8) is 0 Å². The number of piperazine rings is 1. The highest BCUT2D eigenvalue weighted by molar-refractivity contribution is 6.07. The topological polar surface area (TPSA) is 66.9 Å².